The Labute approximate surface area is 75.6 Å². The highest BCUT2D eigenvalue weighted by molar-refractivity contribution is 7.13. The number of benzene rings is 1. The molecule has 0 aliphatic rings. The van der Waals surface area contributed by atoms with Crippen molar-refractivity contribution in [1.82, 2.24) is 0 Å². The minimum Gasteiger partial charge on any atom is -0.484 e. The van der Waals surface area contributed by atoms with Gasteiger partial charge in [-0.15, -0.1) is 11.3 Å². The number of ether oxygens (including phenoxy) is 1. The van der Waals surface area contributed by atoms with E-state index in [0.29, 0.717) is 0 Å². The molecule has 2 aromatic rings. The molecule has 0 radical (unpaired) electrons. The quantitative estimate of drug-likeness (QED) is 0.685. The molecule has 1 nitrogen and oxygen atoms in total. The smallest absolute Gasteiger partial charge is 0.181 e. The van der Waals surface area contributed by atoms with Gasteiger partial charge < -0.3 is 4.74 Å². The third kappa shape index (κ3) is 1.18. The first-order valence-electron chi connectivity index (χ1n) is 4.01. The number of hydrogen-bond donors (Lipinski definition) is 0. The van der Waals surface area contributed by atoms with Crippen LogP contribution in [-0.2, 0) is 0 Å². The predicted octanol–water partition coefficient (Wildman–Crippen LogP) is 3.30. The van der Waals surface area contributed by atoms with Crippen LogP contribution in [0.1, 0.15) is 6.92 Å². The maximum atomic E-state index is 5.48. The molecule has 0 spiro atoms. The fraction of sp³-hybridized carbons (Fsp3) is 0.200. The minimum atomic E-state index is 0.741. The highest BCUT2D eigenvalue weighted by Crippen LogP contribution is 2.32. The summed E-state index contributed by atoms with van der Waals surface area (Å²) in [6, 6.07) is 8.29. The van der Waals surface area contributed by atoms with E-state index in [4.69, 9.17) is 4.74 Å². The monoisotopic (exact) mass is 178 g/mol. The minimum absolute atomic E-state index is 0.741. The lowest BCUT2D eigenvalue weighted by atomic mass is 10.2. The fourth-order valence-electron chi connectivity index (χ4n) is 1.21. The fourth-order valence-corrected chi connectivity index (χ4v) is 2.15. The molecule has 2 rings (SSSR count). The molecule has 0 saturated heterocycles. The average Bonchev–Trinajstić information content (AvgIpc) is 2.50. The van der Waals surface area contributed by atoms with Crippen LogP contribution in [0, 0.1) is 0 Å². The molecule has 0 saturated carbocycles. The van der Waals surface area contributed by atoms with Crippen molar-refractivity contribution < 1.29 is 4.74 Å². The Morgan fingerprint density at radius 3 is 3.00 bits per heavy atom. The van der Waals surface area contributed by atoms with Gasteiger partial charge >= 0.3 is 0 Å². The standard InChI is InChI=1S/C10H10OS/c1-2-11-10-9-6-4-3-5-8(9)7-12-10/h3-7H,2H2,1H3. The van der Waals surface area contributed by atoms with Gasteiger partial charge in [0, 0.05) is 10.8 Å². The summed E-state index contributed by atoms with van der Waals surface area (Å²) in [5.41, 5.74) is 0. The molecule has 2 heteroatoms. The van der Waals surface area contributed by atoms with E-state index in [1.54, 1.807) is 11.3 Å². The van der Waals surface area contributed by atoms with Crippen molar-refractivity contribution in [3.63, 3.8) is 0 Å². The molecule has 62 valence electrons. The van der Waals surface area contributed by atoms with E-state index >= 15 is 0 Å². The van der Waals surface area contributed by atoms with Crippen LogP contribution in [-0.4, -0.2) is 6.61 Å². The SMILES string of the molecule is CCOc1scc2ccccc12. The van der Waals surface area contributed by atoms with E-state index in [1.165, 1.54) is 10.8 Å². The molecule has 0 aliphatic heterocycles. The van der Waals surface area contributed by atoms with Crippen molar-refractivity contribution in [2.45, 2.75) is 6.92 Å². The van der Waals surface area contributed by atoms with Crippen molar-refractivity contribution in [1.29, 1.82) is 0 Å². The summed E-state index contributed by atoms with van der Waals surface area (Å²) in [6.45, 7) is 2.75. The molecule has 12 heavy (non-hydrogen) atoms. The van der Waals surface area contributed by atoms with Gasteiger partial charge in [0.1, 0.15) is 0 Å². The van der Waals surface area contributed by atoms with E-state index in [-0.39, 0.29) is 0 Å². The van der Waals surface area contributed by atoms with E-state index in [1.807, 2.05) is 19.1 Å². The predicted molar refractivity (Wildman–Crippen MR) is 53.0 cm³/mol. The molecular weight excluding hydrogens is 168 g/mol. The van der Waals surface area contributed by atoms with Crippen molar-refractivity contribution in [2.24, 2.45) is 0 Å². The molecule has 1 aromatic carbocycles. The summed E-state index contributed by atoms with van der Waals surface area (Å²) >= 11 is 1.67. The van der Waals surface area contributed by atoms with Crippen LogP contribution in [0.25, 0.3) is 10.8 Å². The van der Waals surface area contributed by atoms with E-state index in [9.17, 15) is 0 Å². The van der Waals surface area contributed by atoms with Crippen molar-refractivity contribution in [2.75, 3.05) is 6.61 Å². The van der Waals surface area contributed by atoms with Crippen LogP contribution < -0.4 is 4.74 Å². The van der Waals surface area contributed by atoms with Gasteiger partial charge in [-0.25, -0.2) is 0 Å². The van der Waals surface area contributed by atoms with Gasteiger partial charge in [-0.1, -0.05) is 18.2 Å². The molecule has 0 amide bonds. The Kier molecular flexibility index (Phi) is 2.00. The zero-order valence-electron chi connectivity index (χ0n) is 6.91. The maximum Gasteiger partial charge on any atom is 0.181 e. The first kappa shape index (κ1) is 7.62. The van der Waals surface area contributed by atoms with Gasteiger partial charge in [-0.05, 0) is 18.4 Å². The third-order valence-electron chi connectivity index (χ3n) is 1.75. The van der Waals surface area contributed by atoms with E-state index in [2.05, 4.69) is 17.5 Å². The van der Waals surface area contributed by atoms with Crippen molar-refractivity contribution in [3.8, 4) is 5.06 Å². The van der Waals surface area contributed by atoms with Crippen molar-refractivity contribution >= 4 is 22.1 Å². The second-order valence-electron chi connectivity index (χ2n) is 2.54. The molecule has 1 aromatic heterocycles. The Morgan fingerprint density at radius 2 is 2.17 bits per heavy atom. The third-order valence-corrected chi connectivity index (χ3v) is 2.67. The van der Waals surface area contributed by atoms with Crippen LogP contribution in [0.3, 0.4) is 0 Å². The van der Waals surface area contributed by atoms with Gasteiger partial charge in [0.15, 0.2) is 5.06 Å². The molecule has 0 aliphatic carbocycles. The lowest BCUT2D eigenvalue weighted by Crippen LogP contribution is -1.87. The van der Waals surface area contributed by atoms with Crippen LogP contribution in [0.15, 0.2) is 29.6 Å². The zero-order chi connectivity index (χ0) is 8.39. The number of hydrogen-bond acceptors (Lipinski definition) is 2. The van der Waals surface area contributed by atoms with Crippen LogP contribution in [0.2, 0.25) is 0 Å². The van der Waals surface area contributed by atoms with Gasteiger partial charge in [-0.3, -0.25) is 0 Å². The molecular formula is C10H10OS. The summed E-state index contributed by atoms with van der Waals surface area (Å²) in [6.07, 6.45) is 0. The summed E-state index contributed by atoms with van der Waals surface area (Å²) in [5.74, 6) is 0. The number of fused-ring (bicyclic) bond motifs is 1. The first-order valence-corrected chi connectivity index (χ1v) is 4.89. The van der Waals surface area contributed by atoms with Crippen LogP contribution >= 0.6 is 11.3 Å². The summed E-state index contributed by atoms with van der Waals surface area (Å²) in [5, 5.41) is 5.66. The topological polar surface area (TPSA) is 9.23 Å². The first-order chi connectivity index (χ1) is 5.92. The molecule has 0 N–H and O–H groups in total. The van der Waals surface area contributed by atoms with Crippen molar-refractivity contribution in [3.05, 3.63) is 29.6 Å². The van der Waals surface area contributed by atoms with Gasteiger partial charge in [0.2, 0.25) is 0 Å². The summed E-state index contributed by atoms with van der Waals surface area (Å²) in [7, 11) is 0. The molecule has 1 heterocycles. The largest absolute Gasteiger partial charge is 0.484 e. The molecule has 0 atom stereocenters. The van der Waals surface area contributed by atoms with Crippen LogP contribution in [0.4, 0.5) is 0 Å². The number of thiophene rings is 1. The lowest BCUT2D eigenvalue weighted by Gasteiger charge is -1.98. The molecule has 0 unspecified atom stereocenters. The van der Waals surface area contributed by atoms with Gasteiger partial charge in [0.25, 0.3) is 0 Å². The maximum absolute atomic E-state index is 5.48. The Bertz CT molecular complexity index is 378. The van der Waals surface area contributed by atoms with Crippen LogP contribution in [0.5, 0.6) is 5.06 Å². The average molecular weight is 178 g/mol. The Morgan fingerprint density at radius 1 is 1.33 bits per heavy atom. The second-order valence-corrected chi connectivity index (χ2v) is 3.39. The van der Waals surface area contributed by atoms with E-state index < -0.39 is 0 Å². The highest BCUT2D eigenvalue weighted by Gasteiger charge is 2.01. The summed E-state index contributed by atoms with van der Waals surface area (Å²) in [4.78, 5) is 0. The molecule has 0 bridgehead atoms. The van der Waals surface area contributed by atoms with Gasteiger partial charge in [0.05, 0.1) is 6.61 Å². The number of rotatable bonds is 2. The summed E-state index contributed by atoms with van der Waals surface area (Å²) < 4.78 is 5.48. The van der Waals surface area contributed by atoms with E-state index in [0.717, 1.165) is 11.7 Å². The van der Waals surface area contributed by atoms with Gasteiger partial charge in [-0.2, -0.15) is 0 Å². The normalized spacial score (nSPS) is 10.4. The zero-order valence-corrected chi connectivity index (χ0v) is 7.73. The highest BCUT2D eigenvalue weighted by atomic mass is 32.1. The Hall–Kier alpha value is -1.02. The Balaban J connectivity index is 2.55. The lowest BCUT2D eigenvalue weighted by molar-refractivity contribution is 0.354. The molecule has 0 fully saturated rings. The second kappa shape index (κ2) is 3.15.